The number of esters is 1. The van der Waals surface area contributed by atoms with E-state index in [1.165, 1.54) is 12.1 Å². The standard InChI is InChI=1S/C22H30O4/c1-15(2)19-11-13-22(4,25)12-5-6-16(3)14-20(19)26-21(24)17-7-9-18(23)10-8-17/h6-11,13,15,19-20,23,25H,5,12,14H2,1-4H3/b13-11+,16-6?/t19-,20+,22-/m1/s1. The van der Waals surface area contributed by atoms with Gasteiger partial charge in [-0.15, -0.1) is 0 Å². The van der Waals surface area contributed by atoms with Crippen LogP contribution in [0, 0.1) is 11.8 Å². The average molecular weight is 358 g/mol. The van der Waals surface area contributed by atoms with Gasteiger partial charge in [-0.3, -0.25) is 0 Å². The molecular formula is C22H30O4. The maximum Gasteiger partial charge on any atom is 0.338 e. The van der Waals surface area contributed by atoms with E-state index in [1.807, 2.05) is 26.0 Å². The Balaban J connectivity index is 2.28. The van der Waals surface area contributed by atoms with Crippen LogP contribution in [0.2, 0.25) is 0 Å². The van der Waals surface area contributed by atoms with Gasteiger partial charge in [0.2, 0.25) is 0 Å². The number of carbonyl (C=O) groups is 1. The summed E-state index contributed by atoms with van der Waals surface area (Å²) in [4.78, 5) is 12.6. The largest absolute Gasteiger partial charge is 0.508 e. The monoisotopic (exact) mass is 358 g/mol. The Labute approximate surface area is 156 Å². The fourth-order valence-electron chi connectivity index (χ4n) is 3.25. The molecule has 2 rings (SSSR count). The van der Waals surface area contributed by atoms with Crippen LogP contribution in [-0.2, 0) is 4.74 Å². The van der Waals surface area contributed by atoms with Gasteiger partial charge in [0.05, 0.1) is 11.2 Å². The van der Waals surface area contributed by atoms with Crippen LogP contribution in [0.3, 0.4) is 0 Å². The Hall–Kier alpha value is -2.07. The van der Waals surface area contributed by atoms with Crippen molar-refractivity contribution >= 4 is 5.97 Å². The van der Waals surface area contributed by atoms with Crippen LogP contribution in [0.25, 0.3) is 0 Å². The molecule has 4 heteroatoms. The quantitative estimate of drug-likeness (QED) is 0.611. The summed E-state index contributed by atoms with van der Waals surface area (Å²) >= 11 is 0. The van der Waals surface area contributed by atoms with Gasteiger partial charge < -0.3 is 14.9 Å². The summed E-state index contributed by atoms with van der Waals surface area (Å²) in [6, 6.07) is 6.08. The third-order valence-corrected chi connectivity index (χ3v) is 4.90. The molecule has 1 aromatic rings. The molecule has 3 atom stereocenters. The van der Waals surface area contributed by atoms with Gasteiger partial charge in [0.1, 0.15) is 11.9 Å². The molecule has 1 aliphatic rings. The van der Waals surface area contributed by atoms with Crippen LogP contribution in [-0.4, -0.2) is 27.9 Å². The highest BCUT2D eigenvalue weighted by Crippen LogP contribution is 2.29. The van der Waals surface area contributed by atoms with Gasteiger partial charge in [-0.25, -0.2) is 4.79 Å². The summed E-state index contributed by atoms with van der Waals surface area (Å²) in [5, 5.41) is 19.9. The molecule has 0 saturated heterocycles. The number of aliphatic hydroxyl groups is 1. The lowest BCUT2D eigenvalue weighted by Gasteiger charge is -2.30. The Morgan fingerprint density at radius 1 is 1.27 bits per heavy atom. The van der Waals surface area contributed by atoms with Gasteiger partial charge >= 0.3 is 5.97 Å². The number of allylic oxidation sites excluding steroid dienone is 1. The molecule has 0 saturated carbocycles. The van der Waals surface area contributed by atoms with E-state index in [9.17, 15) is 15.0 Å². The molecule has 26 heavy (non-hydrogen) atoms. The summed E-state index contributed by atoms with van der Waals surface area (Å²) in [6.07, 6.45) is 7.77. The maximum atomic E-state index is 12.6. The third kappa shape index (κ3) is 5.73. The van der Waals surface area contributed by atoms with Crippen LogP contribution >= 0.6 is 0 Å². The second-order valence-corrected chi connectivity index (χ2v) is 7.82. The molecule has 0 bridgehead atoms. The molecule has 0 radical (unpaired) electrons. The smallest absolute Gasteiger partial charge is 0.338 e. The molecule has 0 aliphatic heterocycles. The van der Waals surface area contributed by atoms with Crippen molar-refractivity contribution in [3.8, 4) is 5.75 Å². The summed E-state index contributed by atoms with van der Waals surface area (Å²) in [5.74, 6) is -0.0224. The van der Waals surface area contributed by atoms with E-state index in [2.05, 4.69) is 19.9 Å². The molecule has 0 spiro atoms. The van der Waals surface area contributed by atoms with Gasteiger partial charge in [0, 0.05) is 12.3 Å². The van der Waals surface area contributed by atoms with Gasteiger partial charge in [-0.1, -0.05) is 37.6 Å². The lowest BCUT2D eigenvalue weighted by Crippen LogP contribution is -2.31. The lowest BCUT2D eigenvalue weighted by molar-refractivity contribution is 0.0139. The molecule has 4 nitrogen and oxygen atoms in total. The van der Waals surface area contributed by atoms with Crippen LogP contribution < -0.4 is 0 Å². The number of aromatic hydroxyl groups is 1. The van der Waals surface area contributed by atoms with Crippen molar-refractivity contribution in [3.05, 3.63) is 53.6 Å². The van der Waals surface area contributed by atoms with Gasteiger partial charge in [-0.2, -0.15) is 0 Å². The second kappa shape index (κ2) is 8.54. The number of hydrogen-bond donors (Lipinski definition) is 2. The van der Waals surface area contributed by atoms with Gasteiger partial charge in [0.25, 0.3) is 0 Å². The number of phenols is 1. The average Bonchev–Trinajstić information content (AvgIpc) is 2.54. The van der Waals surface area contributed by atoms with Crippen LogP contribution in [0.5, 0.6) is 5.75 Å². The van der Waals surface area contributed by atoms with Crippen molar-refractivity contribution in [1.82, 2.24) is 0 Å². The van der Waals surface area contributed by atoms with Crippen molar-refractivity contribution in [2.24, 2.45) is 11.8 Å². The molecule has 0 amide bonds. The first-order chi connectivity index (χ1) is 12.2. The van der Waals surface area contributed by atoms with E-state index >= 15 is 0 Å². The van der Waals surface area contributed by atoms with Crippen molar-refractivity contribution in [1.29, 1.82) is 0 Å². The van der Waals surface area contributed by atoms with E-state index < -0.39 is 11.6 Å². The van der Waals surface area contributed by atoms with Crippen molar-refractivity contribution in [3.63, 3.8) is 0 Å². The van der Waals surface area contributed by atoms with Gasteiger partial charge in [0.15, 0.2) is 0 Å². The highest BCUT2D eigenvalue weighted by atomic mass is 16.5. The Bertz CT molecular complexity index is 668. The van der Waals surface area contributed by atoms with E-state index in [0.29, 0.717) is 18.4 Å². The molecule has 0 unspecified atom stereocenters. The number of phenolic OH excluding ortho intramolecular Hbond substituents is 1. The van der Waals surface area contributed by atoms with Crippen LogP contribution in [0.15, 0.2) is 48.1 Å². The van der Waals surface area contributed by atoms with Crippen molar-refractivity contribution < 1.29 is 19.7 Å². The maximum absolute atomic E-state index is 12.6. The molecular weight excluding hydrogens is 328 g/mol. The summed E-state index contributed by atoms with van der Waals surface area (Å²) in [5.41, 5.74) is 0.706. The Morgan fingerprint density at radius 2 is 1.92 bits per heavy atom. The topological polar surface area (TPSA) is 66.8 Å². The molecule has 2 N–H and O–H groups in total. The van der Waals surface area contributed by atoms with E-state index in [1.54, 1.807) is 12.1 Å². The first kappa shape index (κ1) is 20.2. The fraction of sp³-hybridized carbons (Fsp3) is 0.500. The normalized spacial score (nSPS) is 28.3. The number of carbonyl (C=O) groups excluding carboxylic acids is 1. The number of rotatable bonds is 3. The second-order valence-electron chi connectivity index (χ2n) is 7.82. The Morgan fingerprint density at radius 3 is 2.54 bits per heavy atom. The predicted molar refractivity (Wildman–Crippen MR) is 103 cm³/mol. The molecule has 1 aliphatic carbocycles. The highest BCUT2D eigenvalue weighted by molar-refractivity contribution is 5.89. The van der Waals surface area contributed by atoms with E-state index in [4.69, 9.17) is 4.74 Å². The first-order valence-electron chi connectivity index (χ1n) is 9.25. The van der Waals surface area contributed by atoms with Crippen LogP contribution in [0.4, 0.5) is 0 Å². The van der Waals surface area contributed by atoms with E-state index in [0.717, 1.165) is 12.0 Å². The minimum Gasteiger partial charge on any atom is -0.508 e. The number of ether oxygens (including phenoxy) is 1. The lowest BCUT2D eigenvalue weighted by atomic mass is 9.83. The van der Waals surface area contributed by atoms with Crippen molar-refractivity contribution in [2.45, 2.75) is 58.7 Å². The van der Waals surface area contributed by atoms with Crippen molar-refractivity contribution in [2.75, 3.05) is 0 Å². The zero-order chi connectivity index (χ0) is 19.3. The fourth-order valence-corrected chi connectivity index (χ4v) is 3.25. The number of hydrogen-bond acceptors (Lipinski definition) is 4. The molecule has 0 heterocycles. The zero-order valence-corrected chi connectivity index (χ0v) is 16.1. The Kier molecular flexibility index (Phi) is 6.65. The zero-order valence-electron chi connectivity index (χ0n) is 16.1. The third-order valence-electron chi connectivity index (χ3n) is 4.90. The molecule has 1 aromatic carbocycles. The number of benzene rings is 1. The summed E-state index contributed by atoms with van der Waals surface area (Å²) in [6.45, 7) is 8.04. The van der Waals surface area contributed by atoms with Gasteiger partial charge in [-0.05, 0) is 56.9 Å². The molecule has 0 fully saturated rings. The predicted octanol–water partition coefficient (Wildman–Crippen LogP) is 4.63. The summed E-state index contributed by atoms with van der Waals surface area (Å²) in [7, 11) is 0. The molecule has 142 valence electrons. The molecule has 0 aromatic heterocycles. The SMILES string of the molecule is CC1=CCC[C@@](C)(O)/C=C/[C@H](C(C)C)[C@@H](OC(=O)c2ccc(O)cc2)C1. The summed E-state index contributed by atoms with van der Waals surface area (Å²) < 4.78 is 5.87. The minimum atomic E-state index is -0.868. The van der Waals surface area contributed by atoms with Crippen LogP contribution in [0.1, 0.15) is 57.3 Å². The highest BCUT2D eigenvalue weighted by Gasteiger charge is 2.29. The minimum absolute atomic E-state index is 0.00369. The first-order valence-corrected chi connectivity index (χ1v) is 9.25. The van der Waals surface area contributed by atoms with E-state index in [-0.39, 0.29) is 23.7 Å².